The molecule has 0 atom stereocenters. The maximum absolute atomic E-state index is 12.7. The first-order valence-electron chi connectivity index (χ1n) is 9.64. The topological polar surface area (TPSA) is 67.3 Å². The summed E-state index contributed by atoms with van der Waals surface area (Å²) in [6, 6.07) is 10.6. The summed E-state index contributed by atoms with van der Waals surface area (Å²) < 4.78 is 5.01. The Morgan fingerprint density at radius 1 is 1.19 bits per heavy atom. The fraction of sp³-hybridized carbons (Fsp3) is 0.476. The van der Waals surface area contributed by atoms with E-state index in [-0.39, 0.29) is 5.91 Å². The summed E-state index contributed by atoms with van der Waals surface area (Å²) in [5.41, 5.74) is 1.79. The van der Waals surface area contributed by atoms with Crippen LogP contribution in [0.15, 0.2) is 42.7 Å². The van der Waals surface area contributed by atoms with Gasteiger partial charge in [0.05, 0.1) is 12.4 Å². The van der Waals surface area contributed by atoms with E-state index in [0.29, 0.717) is 24.0 Å². The van der Waals surface area contributed by atoms with Crippen LogP contribution in [0.4, 0.5) is 5.82 Å². The quantitative estimate of drug-likeness (QED) is 0.726. The van der Waals surface area contributed by atoms with Crippen LogP contribution in [0.5, 0.6) is 0 Å². The number of rotatable bonds is 8. The summed E-state index contributed by atoms with van der Waals surface area (Å²) in [4.78, 5) is 23.2. The van der Waals surface area contributed by atoms with E-state index in [4.69, 9.17) is 4.74 Å². The zero-order valence-corrected chi connectivity index (χ0v) is 15.9. The minimum absolute atomic E-state index is 0.0217. The lowest BCUT2D eigenvalue weighted by Gasteiger charge is -2.31. The van der Waals surface area contributed by atoms with Gasteiger partial charge in [-0.05, 0) is 37.2 Å². The number of nitrogens with zero attached hydrogens (tertiary/aromatic N) is 3. The maximum atomic E-state index is 12.7. The first-order chi connectivity index (χ1) is 13.3. The summed E-state index contributed by atoms with van der Waals surface area (Å²) in [5, 5.41) is 3.18. The molecular formula is C21H28N4O2. The number of methoxy groups -OCH3 is 1. The van der Waals surface area contributed by atoms with Crippen LogP contribution in [0.2, 0.25) is 0 Å². The van der Waals surface area contributed by atoms with Crippen LogP contribution in [0, 0.1) is 5.92 Å². The Kier molecular flexibility index (Phi) is 7.16. The second-order valence-corrected chi connectivity index (χ2v) is 6.99. The molecule has 1 amide bonds. The van der Waals surface area contributed by atoms with E-state index in [1.54, 1.807) is 19.5 Å². The van der Waals surface area contributed by atoms with Crippen molar-refractivity contribution in [2.45, 2.75) is 25.7 Å². The second-order valence-electron chi connectivity index (χ2n) is 6.99. The molecule has 1 aromatic heterocycles. The van der Waals surface area contributed by atoms with E-state index in [2.05, 4.69) is 39.6 Å². The number of anilines is 1. The van der Waals surface area contributed by atoms with E-state index < -0.39 is 0 Å². The highest BCUT2D eigenvalue weighted by molar-refractivity contribution is 5.92. The molecule has 1 saturated heterocycles. The Labute approximate surface area is 161 Å². The largest absolute Gasteiger partial charge is 0.385 e. The van der Waals surface area contributed by atoms with Crippen LogP contribution in [0.1, 0.15) is 35.3 Å². The molecule has 1 fully saturated rings. The minimum Gasteiger partial charge on any atom is -0.385 e. The molecule has 2 heterocycles. The predicted octanol–water partition coefficient (Wildman–Crippen LogP) is 3.02. The first kappa shape index (κ1) is 19.3. The van der Waals surface area contributed by atoms with Crippen LogP contribution in [0.3, 0.4) is 0 Å². The molecule has 6 nitrogen and oxygen atoms in total. The SMILES string of the molecule is COCCCNc1cnc(C(=O)N2CCC(Cc3ccccc3)CC2)cn1. The molecule has 1 aromatic carbocycles. The third-order valence-corrected chi connectivity index (χ3v) is 4.97. The van der Waals surface area contributed by atoms with Crippen LogP contribution in [-0.4, -0.2) is 54.1 Å². The van der Waals surface area contributed by atoms with Gasteiger partial charge in [-0.2, -0.15) is 0 Å². The van der Waals surface area contributed by atoms with Gasteiger partial charge in [0.25, 0.3) is 5.91 Å². The van der Waals surface area contributed by atoms with Gasteiger partial charge in [0, 0.05) is 33.4 Å². The van der Waals surface area contributed by atoms with Crippen LogP contribution in [0.25, 0.3) is 0 Å². The Bertz CT molecular complexity index is 698. The van der Waals surface area contributed by atoms with Gasteiger partial charge in [0.2, 0.25) is 0 Å². The van der Waals surface area contributed by atoms with E-state index in [9.17, 15) is 4.79 Å². The molecule has 1 N–H and O–H groups in total. The van der Waals surface area contributed by atoms with Crippen molar-refractivity contribution in [1.82, 2.24) is 14.9 Å². The molecule has 0 bridgehead atoms. The number of carbonyl (C=O) groups is 1. The monoisotopic (exact) mass is 368 g/mol. The van der Waals surface area contributed by atoms with Gasteiger partial charge in [0.1, 0.15) is 11.5 Å². The third-order valence-electron chi connectivity index (χ3n) is 4.97. The van der Waals surface area contributed by atoms with E-state index in [1.807, 2.05) is 11.0 Å². The lowest BCUT2D eigenvalue weighted by molar-refractivity contribution is 0.0684. The number of amides is 1. The number of hydrogen-bond acceptors (Lipinski definition) is 5. The Morgan fingerprint density at radius 2 is 1.96 bits per heavy atom. The molecule has 27 heavy (non-hydrogen) atoms. The van der Waals surface area contributed by atoms with Crippen molar-refractivity contribution in [1.29, 1.82) is 0 Å². The van der Waals surface area contributed by atoms with Crippen molar-refractivity contribution in [2.75, 3.05) is 38.7 Å². The lowest BCUT2D eigenvalue weighted by Crippen LogP contribution is -2.39. The van der Waals surface area contributed by atoms with Crippen molar-refractivity contribution in [3.05, 3.63) is 54.0 Å². The molecular weight excluding hydrogens is 340 g/mol. The number of hydrogen-bond donors (Lipinski definition) is 1. The van der Waals surface area contributed by atoms with Gasteiger partial charge in [0.15, 0.2) is 0 Å². The van der Waals surface area contributed by atoms with Gasteiger partial charge >= 0.3 is 0 Å². The van der Waals surface area contributed by atoms with E-state index in [1.165, 1.54) is 5.56 Å². The minimum atomic E-state index is -0.0217. The number of aromatic nitrogens is 2. The van der Waals surface area contributed by atoms with Crippen molar-refractivity contribution < 1.29 is 9.53 Å². The van der Waals surface area contributed by atoms with Crippen molar-refractivity contribution in [3.8, 4) is 0 Å². The van der Waals surface area contributed by atoms with E-state index in [0.717, 1.165) is 45.3 Å². The average molecular weight is 368 g/mol. The molecule has 1 aliphatic heterocycles. The molecule has 6 heteroatoms. The van der Waals surface area contributed by atoms with Crippen molar-refractivity contribution in [3.63, 3.8) is 0 Å². The average Bonchev–Trinajstić information content (AvgIpc) is 2.72. The van der Waals surface area contributed by atoms with Crippen molar-refractivity contribution >= 4 is 11.7 Å². The molecule has 1 aliphatic rings. The summed E-state index contributed by atoms with van der Waals surface area (Å²) in [5.74, 6) is 1.30. The lowest BCUT2D eigenvalue weighted by atomic mass is 9.90. The molecule has 0 aliphatic carbocycles. The number of likely N-dealkylation sites (tertiary alicyclic amines) is 1. The number of benzene rings is 1. The summed E-state index contributed by atoms with van der Waals surface area (Å²) in [7, 11) is 1.69. The normalized spacial score (nSPS) is 14.9. The van der Waals surface area contributed by atoms with Crippen LogP contribution < -0.4 is 5.32 Å². The summed E-state index contributed by atoms with van der Waals surface area (Å²) >= 11 is 0. The molecule has 2 aromatic rings. The van der Waals surface area contributed by atoms with Crippen LogP contribution >= 0.6 is 0 Å². The molecule has 0 radical (unpaired) electrons. The fourth-order valence-electron chi connectivity index (χ4n) is 3.41. The smallest absolute Gasteiger partial charge is 0.274 e. The second kappa shape index (κ2) is 10.0. The zero-order chi connectivity index (χ0) is 18.9. The summed E-state index contributed by atoms with van der Waals surface area (Å²) in [6.07, 6.45) is 7.25. The van der Waals surface area contributed by atoms with Gasteiger partial charge in [-0.15, -0.1) is 0 Å². The third kappa shape index (κ3) is 5.76. The molecule has 0 saturated carbocycles. The maximum Gasteiger partial charge on any atom is 0.274 e. The highest BCUT2D eigenvalue weighted by Crippen LogP contribution is 2.22. The van der Waals surface area contributed by atoms with Gasteiger partial charge in [-0.3, -0.25) is 4.79 Å². The number of carbonyl (C=O) groups excluding carboxylic acids is 1. The Balaban J connectivity index is 1.46. The number of ether oxygens (including phenoxy) is 1. The van der Waals surface area contributed by atoms with E-state index >= 15 is 0 Å². The van der Waals surface area contributed by atoms with Gasteiger partial charge in [-0.1, -0.05) is 30.3 Å². The molecule has 0 unspecified atom stereocenters. The standard InChI is InChI=1S/C21H28N4O2/c1-27-13-5-10-22-20-16-23-19(15-24-20)21(26)25-11-8-18(9-12-25)14-17-6-3-2-4-7-17/h2-4,6-7,15-16,18H,5,8-14H2,1H3,(H,22,24). The molecule has 3 rings (SSSR count). The highest BCUT2D eigenvalue weighted by Gasteiger charge is 2.24. The summed E-state index contributed by atoms with van der Waals surface area (Å²) in [6.45, 7) is 3.05. The Hall–Kier alpha value is -2.47. The van der Waals surface area contributed by atoms with Crippen molar-refractivity contribution in [2.24, 2.45) is 5.92 Å². The highest BCUT2D eigenvalue weighted by atomic mass is 16.5. The molecule has 144 valence electrons. The number of nitrogens with one attached hydrogen (secondary N) is 1. The zero-order valence-electron chi connectivity index (χ0n) is 15.9. The number of piperidine rings is 1. The van der Waals surface area contributed by atoms with Crippen LogP contribution in [-0.2, 0) is 11.2 Å². The fourth-order valence-corrected chi connectivity index (χ4v) is 3.41. The Morgan fingerprint density at radius 3 is 2.63 bits per heavy atom. The van der Waals surface area contributed by atoms with Gasteiger partial charge in [-0.25, -0.2) is 9.97 Å². The van der Waals surface area contributed by atoms with Gasteiger partial charge < -0.3 is 15.0 Å². The predicted molar refractivity (Wildman–Crippen MR) is 106 cm³/mol. The first-order valence-corrected chi connectivity index (χ1v) is 9.64. The molecule has 0 spiro atoms.